The van der Waals surface area contributed by atoms with Gasteiger partial charge in [-0.1, -0.05) is 24.3 Å². The molecule has 3 aromatic carbocycles. The molecular weight excluding hydrogens is 516 g/mol. The quantitative estimate of drug-likeness (QED) is 0.241. The number of ether oxygens (including phenoxy) is 4. The molecule has 1 atom stereocenters. The third-order valence-electron chi connectivity index (χ3n) is 8.01. The minimum absolute atomic E-state index is 0.354. The fourth-order valence-electron chi connectivity index (χ4n) is 5.62. The Balaban J connectivity index is 1.42. The summed E-state index contributed by atoms with van der Waals surface area (Å²) < 4.78 is 22.2. The highest BCUT2D eigenvalue weighted by Crippen LogP contribution is 2.40. The monoisotopic (exact) mass is 562 g/mol. The number of aryl methyl sites for hydroxylation is 1. The van der Waals surface area contributed by atoms with Gasteiger partial charge in [-0.2, -0.15) is 0 Å². The summed E-state index contributed by atoms with van der Waals surface area (Å²) in [5.74, 6) is 2.53. The minimum Gasteiger partial charge on any atom is -0.508 e. The molecule has 41 heavy (non-hydrogen) atoms. The van der Waals surface area contributed by atoms with E-state index in [4.69, 9.17) is 18.9 Å². The third-order valence-corrected chi connectivity index (χ3v) is 8.01. The zero-order valence-corrected chi connectivity index (χ0v) is 25.1. The lowest BCUT2D eigenvalue weighted by Gasteiger charge is -2.32. The van der Waals surface area contributed by atoms with Gasteiger partial charge in [0.05, 0.1) is 20.3 Å². The van der Waals surface area contributed by atoms with Crippen LogP contribution in [0.1, 0.15) is 41.5 Å². The van der Waals surface area contributed by atoms with E-state index in [9.17, 15) is 5.11 Å². The predicted molar refractivity (Wildman–Crippen MR) is 165 cm³/mol. The Labute approximate surface area is 245 Å². The second-order valence-corrected chi connectivity index (χ2v) is 10.7. The van der Waals surface area contributed by atoms with E-state index in [2.05, 4.69) is 65.3 Å². The van der Waals surface area contributed by atoms with Gasteiger partial charge in [0.2, 0.25) is 0 Å². The summed E-state index contributed by atoms with van der Waals surface area (Å²) in [4.78, 5) is 4.73. The average Bonchev–Trinajstić information content (AvgIpc) is 3.01. The van der Waals surface area contributed by atoms with Gasteiger partial charge in [0.15, 0.2) is 0 Å². The van der Waals surface area contributed by atoms with Crippen LogP contribution >= 0.6 is 0 Å². The first-order valence-electron chi connectivity index (χ1n) is 14.7. The van der Waals surface area contributed by atoms with Crippen molar-refractivity contribution in [3.05, 3.63) is 82.9 Å². The molecule has 3 aromatic rings. The Morgan fingerprint density at radius 3 is 2.20 bits per heavy atom. The number of benzene rings is 3. The molecular formula is C34H46N2O5. The molecule has 0 aromatic heterocycles. The van der Waals surface area contributed by atoms with Gasteiger partial charge in [0.25, 0.3) is 0 Å². The summed E-state index contributed by atoms with van der Waals surface area (Å²) in [6, 6.07) is 20.8. The van der Waals surface area contributed by atoms with Crippen LogP contribution in [0.15, 0.2) is 60.7 Å². The van der Waals surface area contributed by atoms with E-state index in [1.54, 1.807) is 27.4 Å². The number of fused-ring (bicyclic) bond motifs is 1. The Morgan fingerprint density at radius 2 is 1.51 bits per heavy atom. The molecule has 0 bridgehead atoms. The van der Waals surface area contributed by atoms with Crippen molar-refractivity contribution in [3.63, 3.8) is 0 Å². The molecule has 1 N–H and O–H groups in total. The van der Waals surface area contributed by atoms with Gasteiger partial charge in [-0.25, -0.2) is 0 Å². The SMILES string of the molecule is CCN(Cc1ccc(OCCN(CCOC)CCOC)cc1)c1cc(OC)ccc1C1CCc2cc(O)ccc2C1. The van der Waals surface area contributed by atoms with Crippen LogP contribution in [-0.2, 0) is 28.9 Å². The van der Waals surface area contributed by atoms with E-state index in [1.807, 2.05) is 6.07 Å². The summed E-state index contributed by atoms with van der Waals surface area (Å²) in [5.41, 5.74) is 6.42. The zero-order chi connectivity index (χ0) is 29.0. The molecule has 4 rings (SSSR count). The number of hydrogen-bond donors (Lipinski definition) is 1. The first kappa shape index (κ1) is 30.7. The smallest absolute Gasteiger partial charge is 0.120 e. The second-order valence-electron chi connectivity index (χ2n) is 10.7. The maximum absolute atomic E-state index is 9.92. The van der Waals surface area contributed by atoms with Crippen molar-refractivity contribution in [2.45, 2.75) is 38.6 Å². The highest BCUT2D eigenvalue weighted by molar-refractivity contribution is 5.60. The van der Waals surface area contributed by atoms with Crippen molar-refractivity contribution in [2.24, 2.45) is 0 Å². The molecule has 0 saturated carbocycles. The van der Waals surface area contributed by atoms with Crippen LogP contribution in [0, 0.1) is 0 Å². The molecule has 1 aliphatic carbocycles. The van der Waals surface area contributed by atoms with Crippen LogP contribution in [0.5, 0.6) is 17.2 Å². The molecule has 0 fully saturated rings. The van der Waals surface area contributed by atoms with Crippen molar-refractivity contribution in [1.82, 2.24) is 4.90 Å². The third kappa shape index (κ3) is 8.62. The fourth-order valence-corrected chi connectivity index (χ4v) is 5.62. The summed E-state index contributed by atoms with van der Waals surface area (Å²) in [6.45, 7) is 8.44. The molecule has 0 saturated heterocycles. The molecule has 0 aliphatic heterocycles. The minimum atomic E-state index is 0.354. The van der Waals surface area contributed by atoms with Gasteiger partial charge in [0, 0.05) is 58.7 Å². The number of aromatic hydroxyl groups is 1. The lowest BCUT2D eigenvalue weighted by Crippen LogP contribution is -2.34. The normalized spacial score (nSPS) is 14.6. The van der Waals surface area contributed by atoms with Gasteiger partial charge in [-0.15, -0.1) is 0 Å². The van der Waals surface area contributed by atoms with E-state index in [1.165, 1.54) is 27.9 Å². The van der Waals surface area contributed by atoms with Gasteiger partial charge in [0.1, 0.15) is 23.9 Å². The number of nitrogens with zero attached hydrogens (tertiary/aromatic N) is 2. The summed E-state index contributed by atoms with van der Waals surface area (Å²) in [5, 5.41) is 9.92. The Bertz CT molecular complexity index is 1210. The van der Waals surface area contributed by atoms with Gasteiger partial charge in [-0.3, -0.25) is 4.90 Å². The van der Waals surface area contributed by atoms with E-state index in [0.29, 0.717) is 31.5 Å². The topological polar surface area (TPSA) is 63.6 Å². The lowest BCUT2D eigenvalue weighted by molar-refractivity contribution is 0.104. The molecule has 7 heteroatoms. The van der Waals surface area contributed by atoms with E-state index in [-0.39, 0.29) is 0 Å². The van der Waals surface area contributed by atoms with Crippen LogP contribution in [0.2, 0.25) is 0 Å². The standard InChI is InChI=1S/C34H46N2O5/c1-5-36(25-26-6-12-31(13-7-26)41-21-18-35(16-19-38-2)17-20-39-3)34-24-32(40-4)14-15-33(34)29-9-8-28-23-30(37)11-10-27(28)22-29/h6-7,10-15,23-24,29,37H,5,8-9,16-22,25H2,1-4H3. The van der Waals surface area contributed by atoms with Crippen LogP contribution in [0.4, 0.5) is 5.69 Å². The predicted octanol–water partition coefficient (Wildman–Crippen LogP) is 5.67. The Kier molecular flexibility index (Phi) is 11.7. The average molecular weight is 563 g/mol. The van der Waals surface area contributed by atoms with Crippen molar-refractivity contribution in [1.29, 1.82) is 0 Å². The zero-order valence-electron chi connectivity index (χ0n) is 25.1. The number of hydrogen-bond acceptors (Lipinski definition) is 7. The maximum Gasteiger partial charge on any atom is 0.120 e. The molecule has 222 valence electrons. The molecule has 0 spiro atoms. The van der Waals surface area contributed by atoms with E-state index < -0.39 is 0 Å². The van der Waals surface area contributed by atoms with Crippen LogP contribution in [0.3, 0.4) is 0 Å². The molecule has 1 aliphatic rings. The number of methoxy groups -OCH3 is 3. The number of phenols is 1. The van der Waals surface area contributed by atoms with Gasteiger partial charge < -0.3 is 29.0 Å². The maximum atomic E-state index is 9.92. The van der Waals surface area contributed by atoms with Crippen molar-refractivity contribution in [2.75, 3.05) is 72.2 Å². The first-order valence-corrected chi connectivity index (χ1v) is 14.7. The van der Waals surface area contributed by atoms with E-state index in [0.717, 1.165) is 63.5 Å². The molecule has 0 radical (unpaired) electrons. The lowest BCUT2D eigenvalue weighted by atomic mass is 9.79. The number of anilines is 1. The summed E-state index contributed by atoms with van der Waals surface area (Å²) in [6.07, 6.45) is 3.02. The molecule has 1 unspecified atom stereocenters. The second kappa shape index (κ2) is 15.7. The Morgan fingerprint density at radius 1 is 0.805 bits per heavy atom. The van der Waals surface area contributed by atoms with Crippen LogP contribution < -0.4 is 14.4 Å². The highest BCUT2D eigenvalue weighted by atomic mass is 16.5. The summed E-state index contributed by atoms with van der Waals surface area (Å²) in [7, 11) is 5.18. The van der Waals surface area contributed by atoms with Crippen LogP contribution in [-0.4, -0.2) is 77.3 Å². The Hall–Kier alpha value is -3.26. The van der Waals surface area contributed by atoms with Crippen LogP contribution in [0.25, 0.3) is 0 Å². The van der Waals surface area contributed by atoms with Gasteiger partial charge in [-0.05, 0) is 84.7 Å². The number of phenolic OH excluding ortho intramolecular Hbond substituents is 1. The number of rotatable bonds is 16. The van der Waals surface area contributed by atoms with Crippen molar-refractivity contribution in [3.8, 4) is 17.2 Å². The van der Waals surface area contributed by atoms with Crippen molar-refractivity contribution < 1.29 is 24.1 Å². The van der Waals surface area contributed by atoms with Crippen molar-refractivity contribution >= 4 is 5.69 Å². The molecule has 0 amide bonds. The van der Waals surface area contributed by atoms with Gasteiger partial charge >= 0.3 is 0 Å². The van der Waals surface area contributed by atoms with E-state index >= 15 is 0 Å². The molecule has 7 nitrogen and oxygen atoms in total. The highest BCUT2D eigenvalue weighted by Gasteiger charge is 2.24. The molecule has 0 heterocycles. The fraction of sp³-hybridized carbons (Fsp3) is 0.471. The first-order chi connectivity index (χ1) is 20.0. The summed E-state index contributed by atoms with van der Waals surface area (Å²) >= 11 is 0. The largest absolute Gasteiger partial charge is 0.508 e.